The van der Waals surface area contributed by atoms with Gasteiger partial charge in [0.15, 0.2) is 0 Å². The fourth-order valence-corrected chi connectivity index (χ4v) is 4.00. The van der Waals surface area contributed by atoms with Crippen LogP contribution in [-0.2, 0) is 26.0 Å². The van der Waals surface area contributed by atoms with Gasteiger partial charge < -0.3 is 10.6 Å². The Morgan fingerprint density at radius 3 is 2.52 bits per heavy atom. The molecule has 3 N–H and O–H groups in total. The van der Waals surface area contributed by atoms with Crippen LogP contribution in [0.3, 0.4) is 0 Å². The Labute approximate surface area is 158 Å². The lowest BCUT2D eigenvalue weighted by molar-refractivity contribution is -0.116. The van der Waals surface area contributed by atoms with E-state index >= 15 is 0 Å². The average Bonchev–Trinajstić information content (AvgIpc) is 2.63. The molecule has 0 radical (unpaired) electrons. The monoisotopic (exact) mass is 387 g/mol. The van der Waals surface area contributed by atoms with Gasteiger partial charge in [-0.1, -0.05) is 18.2 Å². The van der Waals surface area contributed by atoms with Crippen molar-refractivity contribution in [2.45, 2.75) is 31.6 Å². The zero-order valence-corrected chi connectivity index (χ0v) is 15.9. The quantitative estimate of drug-likeness (QED) is 0.731. The zero-order valence-electron chi connectivity index (χ0n) is 15.1. The van der Waals surface area contributed by atoms with Crippen molar-refractivity contribution in [1.29, 1.82) is 0 Å². The summed E-state index contributed by atoms with van der Waals surface area (Å²) in [5.74, 6) is -0.527. The SMILES string of the molecule is Cc1cccc(C)c1NC(=O)CNS(=O)(=O)c1ccc2c(c1)CCC(=O)N2. The Balaban J connectivity index is 1.68. The van der Waals surface area contributed by atoms with Gasteiger partial charge in [0.05, 0.1) is 11.4 Å². The molecule has 2 aromatic carbocycles. The fraction of sp³-hybridized carbons (Fsp3) is 0.263. The molecule has 2 aromatic rings. The number of carbonyl (C=O) groups is 2. The number of fused-ring (bicyclic) bond motifs is 1. The number of benzene rings is 2. The summed E-state index contributed by atoms with van der Waals surface area (Å²) >= 11 is 0. The summed E-state index contributed by atoms with van der Waals surface area (Å²) < 4.78 is 27.3. The van der Waals surface area contributed by atoms with Crippen molar-refractivity contribution < 1.29 is 18.0 Å². The molecular formula is C19H21N3O4S. The largest absolute Gasteiger partial charge is 0.326 e. The smallest absolute Gasteiger partial charge is 0.241 e. The van der Waals surface area contributed by atoms with Crippen LogP contribution in [0.2, 0.25) is 0 Å². The van der Waals surface area contributed by atoms with Gasteiger partial charge in [0, 0.05) is 17.8 Å². The highest BCUT2D eigenvalue weighted by Gasteiger charge is 2.20. The van der Waals surface area contributed by atoms with Crippen molar-refractivity contribution in [3.8, 4) is 0 Å². The molecule has 0 aromatic heterocycles. The Hall–Kier alpha value is -2.71. The summed E-state index contributed by atoms with van der Waals surface area (Å²) in [6, 6.07) is 10.1. The van der Waals surface area contributed by atoms with Gasteiger partial charge in [-0.15, -0.1) is 0 Å². The molecule has 1 aliphatic heterocycles. The van der Waals surface area contributed by atoms with Gasteiger partial charge >= 0.3 is 0 Å². The highest BCUT2D eigenvalue weighted by atomic mass is 32.2. The summed E-state index contributed by atoms with van der Waals surface area (Å²) in [6.07, 6.45) is 0.805. The maximum atomic E-state index is 12.5. The standard InChI is InChI=1S/C19H21N3O4S/c1-12-4-3-5-13(2)19(12)22-18(24)11-20-27(25,26)15-7-8-16-14(10-15)6-9-17(23)21-16/h3-5,7-8,10,20H,6,9,11H2,1-2H3,(H,21,23)(H,22,24). The molecule has 0 saturated carbocycles. The number of hydrogen-bond acceptors (Lipinski definition) is 4. The van der Waals surface area contributed by atoms with E-state index in [1.165, 1.54) is 12.1 Å². The fourth-order valence-electron chi connectivity index (χ4n) is 2.97. The Bertz CT molecular complexity index is 995. The molecule has 27 heavy (non-hydrogen) atoms. The predicted molar refractivity (Wildman–Crippen MR) is 103 cm³/mol. The second-order valence-electron chi connectivity index (χ2n) is 6.51. The first-order valence-corrected chi connectivity index (χ1v) is 10.0. The molecule has 1 heterocycles. The summed E-state index contributed by atoms with van der Waals surface area (Å²) in [7, 11) is -3.84. The van der Waals surface area contributed by atoms with Crippen molar-refractivity contribution >= 4 is 33.2 Å². The van der Waals surface area contributed by atoms with Crippen LogP contribution in [0.4, 0.5) is 11.4 Å². The van der Waals surface area contributed by atoms with Crippen molar-refractivity contribution in [1.82, 2.24) is 4.72 Å². The van der Waals surface area contributed by atoms with E-state index in [0.29, 0.717) is 24.2 Å². The number of hydrogen-bond donors (Lipinski definition) is 3. The average molecular weight is 387 g/mol. The van der Waals surface area contributed by atoms with Crippen LogP contribution in [0, 0.1) is 13.8 Å². The minimum absolute atomic E-state index is 0.0669. The van der Waals surface area contributed by atoms with Gasteiger partial charge in [-0.3, -0.25) is 9.59 Å². The molecule has 142 valence electrons. The van der Waals surface area contributed by atoms with Crippen molar-refractivity contribution in [2.24, 2.45) is 0 Å². The topological polar surface area (TPSA) is 104 Å². The lowest BCUT2D eigenvalue weighted by atomic mass is 10.0. The van der Waals surface area contributed by atoms with E-state index in [4.69, 9.17) is 0 Å². The third kappa shape index (κ3) is 4.35. The maximum absolute atomic E-state index is 12.5. The third-order valence-corrected chi connectivity index (χ3v) is 5.85. The molecule has 2 amide bonds. The molecule has 3 rings (SSSR count). The summed E-state index contributed by atoms with van der Waals surface area (Å²) in [5, 5.41) is 5.45. The number of rotatable bonds is 5. The van der Waals surface area contributed by atoms with Crippen LogP contribution < -0.4 is 15.4 Å². The lowest BCUT2D eigenvalue weighted by Gasteiger charge is -2.17. The van der Waals surface area contributed by atoms with Crippen LogP contribution in [0.15, 0.2) is 41.3 Å². The molecule has 0 fully saturated rings. The zero-order chi connectivity index (χ0) is 19.6. The van der Waals surface area contributed by atoms with Crippen LogP contribution >= 0.6 is 0 Å². The summed E-state index contributed by atoms with van der Waals surface area (Å²) in [5.41, 5.74) is 3.88. The van der Waals surface area contributed by atoms with E-state index in [1.54, 1.807) is 6.07 Å². The minimum Gasteiger partial charge on any atom is -0.326 e. The molecule has 0 aliphatic carbocycles. The Morgan fingerprint density at radius 2 is 1.81 bits per heavy atom. The minimum atomic E-state index is -3.84. The van der Waals surface area contributed by atoms with Crippen LogP contribution in [0.25, 0.3) is 0 Å². The van der Waals surface area contributed by atoms with Crippen molar-refractivity contribution in [3.63, 3.8) is 0 Å². The van der Waals surface area contributed by atoms with Crippen molar-refractivity contribution in [2.75, 3.05) is 17.2 Å². The molecule has 0 bridgehead atoms. The maximum Gasteiger partial charge on any atom is 0.241 e. The molecular weight excluding hydrogens is 366 g/mol. The van der Waals surface area contributed by atoms with Gasteiger partial charge in [0.25, 0.3) is 0 Å². The Morgan fingerprint density at radius 1 is 1.11 bits per heavy atom. The number of nitrogens with one attached hydrogen (secondary N) is 3. The molecule has 0 saturated heterocycles. The molecule has 0 unspecified atom stereocenters. The first-order valence-electron chi connectivity index (χ1n) is 8.55. The first-order chi connectivity index (χ1) is 12.8. The van der Waals surface area contributed by atoms with Gasteiger partial charge in [-0.2, -0.15) is 0 Å². The molecule has 8 heteroatoms. The van der Waals surface area contributed by atoms with Crippen LogP contribution in [0.5, 0.6) is 0 Å². The van der Waals surface area contributed by atoms with Gasteiger partial charge in [0.2, 0.25) is 21.8 Å². The molecule has 0 spiro atoms. The van der Waals surface area contributed by atoms with E-state index < -0.39 is 15.9 Å². The highest BCUT2D eigenvalue weighted by molar-refractivity contribution is 7.89. The van der Waals surface area contributed by atoms with E-state index in [0.717, 1.165) is 16.7 Å². The molecule has 7 nitrogen and oxygen atoms in total. The van der Waals surface area contributed by atoms with Crippen molar-refractivity contribution in [3.05, 3.63) is 53.1 Å². The normalized spacial score (nSPS) is 13.6. The Kier molecular flexibility index (Phi) is 5.29. The number of sulfonamides is 1. The van der Waals surface area contributed by atoms with Gasteiger partial charge in [0.1, 0.15) is 0 Å². The van der Waals surface area contributed by atoms with Gasteiger partial charge in [-0.05, 0) is 55.2 Å². The summed E-state index contributed by atoms with van der Waals surface area (Å²) in [6.45, 7) is 3.38. The van der Waals surface area contributed by atoms with E-state index in [1.807, 2.05) is 32.0 Å². The molecule has 1 aliphatic rings. The number of carbonyl (C=O) groups excluding carboxylic acids is 2. The van der Waals surface area contributed by atoms with E-state index in [9.17, 15) is 18.0 Å². The first kappa shape index (κ1) is 19.1. The number of para-hydroxylation sites is 1. The third-order valence-electron chi connectivity index (χ3n) is 4.45. The van der Waals surface area contributed by atoms with E-state index in [2.05, 4.69) is 15.4 Å². The van der Waals surface area contributed by atoms with Crippen LogP contribution in [-0.4, -0.2) is 26.8 Å². The highest BCUT2D eigenvalue weighted by Crippen LogP contribution is 2.25. The summed E-state index contributed by atoms with van der Waals surface area (Å²) in [4.78, 5) is 23.6. The predicted octanol–water partition coefficient (Wildman–Crippen LogP) is 2.11. The molecule has 0 atom stereocenters. The second kappa shape index (κ2) is 7.50. The lowest BCUT2D eigenvalue weighted by Crippen LogP contribution is -2.33. The number of anilines is 2. The van der Waals surface area contributed by atoms with Crippen LogP contribution in [0.1, 0.15) is 23.1 Å². The van der Waals surface area contributed by atoms with Gasteiger partial charge in [-0.25, -0.2) is 13.1 Å². The number of aryl methyl sites for hydroxylation is 3. The second-order valence-corrected chi connectivity index (χ2v) is 8.27. The number of amides is 2. The van der Waals surface area contributed by atoms with E-state index in [-0.39, 0.29) is 17.3 Å².